The Labute approximate surface area is 63.6 Å². The van der Waals surface area contributed by atoms with Crippen molar-refractivity contribution in [3.8, 4) is 0 Å². The van der Waals surface area contributed by atoms with Crippen LogP contribution < -0.4 is 0 Å². The summed E-state index contributed by atoms with van der Waals surface area (Å²) in [5, 5.41) is 0. The van der Waals surface area contributed by atoms with Crippen LogP contribution in [0.3, 0.4) is 0 Å². The summed E-state index contributed by atoms with van der Waals surface area (Å²) >= 11 is 0. The first-order valence-corrected chi connectivity index (χ1v) is 2.06. The van der Waals surface area contributed by atoms with Crippen LogP contribution in [-0.2, 0) is 0 Å². The summed E-state index contributed by atoms with van der Waals surface area (Å²) in [4.78, 5) is 2.00. The minimum atomic E-state index is 0. The van der Waals surface area contributed by atoms with Gasteiger partial charge in [-0.1, -0.05) is 6.08 Å². The summed E-state index contributed by atoms with van der Waals surface area (Å²) in [6.45, 7) is 2.00. The lowest BCUT2D eigenvalue weighted by molar-refractivity contribution is 0.563. The van der Waals surface area contributed by atoms with E-state index in [1.807, 2.05) is 38.2 Å². The molecule has 0 aliphatic rings. The molecule has 0 saturated carbocycles. The highest BCUT2D eigenvalue weighted by atomic mass is 35.5. The van der Waals surface area contributed by atoms with Crippen molar-refractivity contribution in [2.75, 3.05) is 14.1 Å². The first-order valence-electron chi connectivity index (χ1n) is 2.06. The molecule has 3 heteroatoms. The van der Waals surface area contributed by atoms with Crippen LogP contribution in [0.25, 0.3) is 0 Å². The molecule has 0 heterocycles. The largest absolute Gasteiger partial charge is 0.384 e. The van der Waals surface area contributed by atoms with E-state index in [9.17, 15) is 0 Å². The summed E-state index contributed by atoms with van der Waals surface area (Å²) < 4.78 is 0. The Morgan fingerprint density at radius 3 is 1.50 bits per heavy atom. The van der Waals surface area contributed by atoms with Gasteiger partial charge in [-0.3, -0.25) is 0 Å². The fourth-order valence-electron chi connectivity index (χ4n) is 0.298. The standard InChI is InChI=1S/C5H11N.2ClH/c1-4-5-6(2)3;;/h4-5H,1-3H3;2*1H. The first kappa shape index (κ1) is 15.7. The number of allylic oxidation sites excluding steroid dienone is 1. The van der Waals surface area contributed by atoms with Crippen LogP contribution in [0.2, 0.25) is 0 Å². The minimum absolute atomic E-state index is 0. The second-order valence-electron chi connectivity index (χ2n) is 1.45. The fourth-order valence-corrected chi connectivity index (χ4v) is 0.298. The molecule has 8 heavy (non-hydrogen) atoms. The molecule has 0 aromatic heterocycles. The molecule has 0 aliphatic carbocycles. The van der Waals surface area contributed by atoms with E-state index in [4.69, 9.17) is 0 Å². The van der Waals surface area contributed by atoms with Gasteiger partial charge in [-0.2, -0.15) is 0 Å². The van der Waals surface area contributed by atoms with E-state index in [1.54, 1.807) is 0 Å². The maximum Gasteiger partial charge on any atom is 0.00555 e. The zero-order valence-corrected chi connectivity index (χ0v) is 7.05. The van der Waals surface area contributed by atoms with Crippen molar-refractivity contribution >= 4 is 24.8 Å². The summed E-state index contributed by atoms with van der Waals surface area (Å²) in [5.74, 6) is 0. The quantitative estimate of drug-likeness (QED) is 0.563. The third-order valence-corrected chi connectivity index (χ3v) is 0.447. The number of halogens is 2. The molecule has 0 fully saturated rings. The maximum absolute atomic E-state index is 2.00. The number of hydrogen-bond acceptors (Lipinski definition) is 1. The van der Waals surface area contributed by atoms with E-state index in [0.29, 0.717) is 0 Å². The Bertz CT molecular complexity index is 52.4. The van der Waals surface area contributed by atoms with E-state index in [0.717, 1.165) is 0 Å². The fraction of sp³-hybridized carbons (Fsp3) is 0.600. The zero-order chi connectivity index (χ0) is 4.99. The second-order valence-corrected chi connectivity index (χ2v) is 1.45. The van der Waals surface area contributed by atoms with Crippen molar-refractivity contribution in [3.05, 3.63) is 12.3 Å². The SMILES string of the molecule is CC=CN(C)C.Cl.Cl. The van der Waals surface area contributed by atoms with Crippen molar-refractivity contribution in [1.29, 1.82) is 0 Å². The predicted molar refractivity (Wildman–Crippen MR) is 43.0 cm³/mol. The molecule has 0 amide bonds. The van der Waals surface area contributed by atoms with Gasteiger partial charge in [0.15, 0.2) is 0 Å². The van der Waals surface area contributed by atoms with Crippen LogP contribution in [0.5, 0.6) is 0 Å². The Hall–Kier alpha value is 0.120. The molecule has 1 nitrogen and oxygen atoms in total. The molecule has 0 spiro atoms. The van der Waals surface area contributed by atoms with Gasteiger partial charge in [0.2, 0.25) is 0 Å². The van der Waals surface area contributed by atoms with Gasteiger partial charge < -0.3 is 4.90 Å². The molecular formula is C5H13Cl2N. The number of rotatable bonds is 1. The van der Waals surface area contributed by atoms with Gasteiger partial charge in [-0.05, 0) is 13.1 Å². The van der Waals surface area contributed by atoms with Crippen LogP contribution in [0.1, 0.15) is 6.92 Å². The average Bonchev–Trinajstić information content (AvgIpc) is 1.35. The van der Waals surface area contributed by atoms with Crippen LogP contribution in [0.15, 0.2) is 12.3 Å². The van der Waals surface area contributed by atoms with Crippen LogP contribution in [-0.4, -0.2) is 19.0 Å². The Morgan fingerprint density at radius 2 is 1.50 bits per heavy atom. The lowest BCUT2D eigenvalue weighted by atomic mass is 10.7. The summed E-state index contributed by atoms with van der Waals surface area (Å²) in [5.41, 5.74) is 0. The predicted octanol–water partition coefficient (Wildman–Crippen LogP) is 1.93. The van der Waals surface area contributed by atoms with Gasteiger partial charge in [0.1, 0.15) is 0 Å². The highest BCUT2D eigenvalue weighted by molar-refractivity contribution is 5.85. The molecule has 52 valence electrons. The molecule has 0 radical (unpaired) electrons. The van der Waals surface area contributed by atoms with Crippen LogP contribution in [0.4, 0.5) is 0 Å². The monoisotopic (exact) mass is 157 g/mol. The molecule has 0 bridgehead atoms. The maximum atomic E-state index is 2.00. The highest BCUT2D eigenvalue weighted by Crippen LogP contribution is 1.71. The summed E-state index contributed by atoms with van der Waals surface area (Å²) in [7, 11) is 4.00. The molecular weight excluding hydrogens is 145 g/mol. The summed E-state index contributed by atoms with van der Waals surface area (Å²) in [6, 6.07) is 0. The zero-order valence-electron chi connectivity index (χ0n) is 5.42. The smallest absolute Gasteiger partial charge is 0.00555 e. The van der Waals surface area contributed by atoms with Crippen LogP contribution in [0, 0.1) is 0 Å². The van der Waals surface area contributed by atoms with E-state index in [2.05, 4.69) is 0 Å². The molecule has 0 saturated heterocycles. The van der Waals surface area contributed by atoms with Crippen LogP contribution >= 0.6 is 24.8 Å². The van der Waals surface area contributed by atoms with Gasteiger partial charge in [0.25, 0.3) is 0 Å². The van der Waals surface area contributed by atoms with Gasteiger partial charge in [0.05, 0.1) is 0 Å². The van der Waals surface area contributed by atoms with Crippen molar-refractivity contribution in [3.63, 3.8) is 0 Å². The topological polar surface area (TPSA) is 3.24 Å². The van der Waals surface area contributed by atoms with Crippen molar-refractivity contribution in [2.24, 2.45) is 0 Å². The third-order valence-electron chi connectivity index (χ3n) is 0.447. The average molecular weight is 158 g/mol. The van der Waals surface area contributed by atoms with Gasteiger partial charge >= 0.3 is 0 Å². The van der Waals surface area contributed by atoms with Gasteiger partial charge in [-0.25, -0.2) is 0 Å². The Kier molecular flexibility index (Phi) is 20.0. The molecule has 0 unspecified atom stereocenters. The highest BCUT2D eigenvalue weighted by Gasteiger charge is 1.65. The van der Waals surface area contributed by atoms with Crippen molar-refractivity contribution in [2.45, 2.75) is 6.92 Å². The van der Waals surface area contributed by atoms with Gasteiger partial charge in [-0.15, -0.1) is 24.8 Å². The van der Waals surface area contributed by atoms with E-state index in [1.165, 1.54) is 0 Å². The molecule has 0 atom stereocenters. The first-order chi connectivity index (χ1) is 2.77. The second kappa shape index (κ2) is 10.2. The third kappa shape index (κ3) is 16.5. The lowest BCUT2D eigenvalue weighted by Gasteiger charge is -1.99. The summed E-state index contributed by atoms with van der Waals surface area (Å²) in [6.07, 6.45) is 4.00. The van der Waals surface area contributed by atoms with E-state index in [-0.39, 0.29) is 24.8 Å². The normalized spacial score (nSPS) is 7.38. The van der Waals surface area contributed by atoms with E-state index >= 15 is 0 Å². The lowest BCUT2D eigenvalue weighted by Crippen LogP contribution is -1.98. The van der Waals surface area contributed by atoms with Gasteiger partial charge in [0, 0.05) is 14.1 Å². The number of hydrogen-bond donors (Lipinski definition) is 0. The molecule has 0 aromatic rings. The van der Waals surface area contributed by atoms with Crippen molar-refractivity contribution < 1.29 is 0 Å². The molecule has 0 aromatic carbocycles. The minimum Gasteiger partial charge on any atom is -0.384 e. The van der Waals surface area contributed by atoms with E-state index < -0.39 is 0 Å². The Balaban J connectivity index is -0.000000125. The molecule has 0 rings (SSSR count). The molecule has 0 N–H and O–H groups in total. The molecule has 0 aliphatic heterocycles. The number of nitrogens with zero attached hydrogens (tertiary/aromatic N) is 1. The van der Waals surface area contributed by atoms with Crippen molar-refractivity contribution in [1.82, 2.24) is 4.90 Å². The Morgan fingerprint density at radius 1 is 1.12 bits per heavy atom.